The molecular formula is C20H23N3O2. The van der Waals surface area contributed by atoms with Gasteiger partial charge in [-0.2, -0.15) is 0 Å². The third kappa shape index (κ3) is 2.62. The Hall–Kier alpha value is -2.30. The number of aliphatic imine (C=N–C) groups is 1. The molecule has 0 atom stereocenters. The van der Waals surface area contributed by atoms with Crippen LogP contribution in [0.2, 0.25) is 0 Å². The van der Waals surface area contributed by atoms with Crippen molar-refractivity contribution < 1.29 is 4.42 Å². The fraction of sp³-hybridized carbons (Fsp3) is 0.500. The van der Waals surface area contributed by atoms with E-state index in [2.05, 4.69) is 5.32 Å². The molecule has 2 aromatic rings. The lowest BCUT2D eigenvalue weighted by Crippen LogP contribution is -2.50. The summed E-state index contributed by atoms with van der Waals surface area (Å²) in [6.07, 6.45) is 7.67. The number of rotatable bonds is 2. The quantitative estimate of drug-likeness (QED) is 0.499. The first kappa shape index (κ1) is 15.0. The van der Waals surface area contributed by atoms with Gasteiger partial charge in [0, 0.05) is 11.5 Å². The van der Waals surface area contributed by atoms with E-state index < -0.39 is 0 Å². The molecule has 0 radical (unpaired) electrons. The van der Waals surface area contributed by atoms with Crippen LogP contribution >= 0.6 is 0 Å². The van der Waals surface area contributed by atoms with E-state index in [1.54, 1.807) is 6.07 Å². The summed E-state index contributed by atoms with van der Waals surface area (Å²) in [5, 5.41) is 4.05. The Labute approximate surface area is 146 Å². The van der Waals surface area contributed by atoms with Gasteiger partial charge in [0.05, 0.1) is 11.2 Å². The maximum absolute atomic E-state index is 11.6. The van der Waals surface area contributed by atoms with Crippen LogP contribution in [0.25, 0.3) is 11.0 Å². The molecule has 0 unspecified atom stereocenters. The predicted molar refractivity (Wildman–Crippen MR) is 98.6 cm³/mol. The van der Waals surface area contributed by atoms with Gasteiger partial charge < -0.3 is 15.5 Å². The number of nitrogens with one attached hydrogen (secondary N) is 1. The molecule has 4 bridgehead atoms. The molecular weight excluding hydrogens is 314 g/mol. The van der Waals surface area contributed by atoms with Crippen LogP contribution in [0.15, 0.2) is 44.5 Å². The number of nitrogens with two attached hydrogens (primary N) is 1. The molecule has 4 saturated carbocycles. The molecule has 6 rings (SSSR count). The zero-order valence-corrected chi connectivity index (χ0v) is 14.2. The molecule has 3 N–H and O–H groups in total. The van der Waals surface area contributed by atoms with Gasteiger partial charge in [0.15, 0.2) is 11.5 Å². The van der Waals surface area contributed by atoms with E-state index in [1.165, 1.54) is 44.6 Å². The highest BCUT2D eigenvalue weighted by Crippen LogP contribution is 2.57. The molecule has 1 aromatic carbocycles. The van der Waals surface area contributed by atoms with Crippen LogP contribution in [0, 0.1) is 17.8 Å². The Bertz CT molecular complexity index is 879. The lowest BCUT2D eigenvalue weighted by molar-refractivity contribution is 0.00163. The summed E-state index contributed by atoms with van der Waals surface area (Å²) in [6.45, 7) is 0. The van der Waals surface area contributed by atoms with Crippen molar-refractivity contribution in [1.29, 1.82) is 0 Å². The molecule has 5 heteroatoms. The van der Waals surface area contributed by atoms with Crippen LogP contribution < -0.4 is 16.7 Å². The Kier molecular flexibility index (Phi) is 3.21. The smallest absolute Gasteiger partial charge is 0.336 e. The van der Waals surface area contributed by atoms with Crippen LogP contribution in [0.1, 0.15) is 38.5 Å². The zero-order valence-electron chi connectivity index (χ0n) is 14.2. The third-order valence-corrected chi connectivity index (χ3v) is 6.27. The van der Waals surface area contributed by atoms with Crippen molar-refractivity contribution in [2.45, 2.75) is 44.1 Å². The summed E-state index contributed by atoms with van der Waals surface area (Å²) in [6, 6.07) is 8.89. The van der Waals surface area contributed by atoms with Gasteiger partial charge in [-0.25, -0.2) is 9.79 Å². The van der Waals surface area contributed by atoms with Crippen molar-refractivity contribution in [2.75, 3.05) is 5.32 Å². The highest BCUT2D eigenvalue weighted by molar-refractivity contribution is 6.00. The summed E-state index contributed by atoms with van der Waals surface area (Å²) in [4.78, 5) is 16.5. The van der Waals surface area contributed by atoms with Gasteiger partial charge in [-0.05, 0) is 68.4 Å². The fourth-order valence-electron chi connectivity index (χ4n) is 5.81. The Balaban J connectivity index is 1.46. The number of benzene rings is 1. The highest BCUT2D eigenvalue weighted by Gasteiger charge is 2.51. The largest absolute Gasteiger partial charge is 0.420 e. The standard InChI is InChI=1S/C20H23N3O2/c21-19(22-16-3-1-2-15-4-5-17(24)25-18(15)16)23-20-9-12-6-13(10-20)8-14(7-12)11-20/h1-5,12-14H,6-11H2,(H3,21,22,23). The summed E-state index contributed by atoms with van der Waals surface area (Å²) in [5.74, 6) is 2.93. The Morgan fingerprint density at radius 3 is 2.44 bits per heavy atom. The van der Waals surface area contributed by atoms with E-state index in [0.717, 1.165) is 23.1 Å². The molecule has 5 nitrogen and oxygen atoms in total. The number of nitrogens with zero attached hydrogens (tertiary/aromatic N) is 1. The SMILES string of the molecule is NC(=NC12CC3CC(CC(C3)C1)C2)Nc1cccc2ccc(=O)oc12. The molecule has 130 valence electrons. The van der Waals surface area contributed by atoms with Gasteiger partial charge in [0.2, 0.25) is 0 Å². The van der Waals surface area contributed by atoms with Crippen LogP contribution in [-0.2, 0) is 0 Å². The molecule has 25 heavy (non-hydrogen) atoms. The van der Waals surface area contributed by atoms with Crippen LogP contribution in [0.5, 0.6) is 0 Å². The van der Waals surface area contributed by atoms with E-state index in [-0.39, 0.29) is 11.2 Å². The summed E-state index contributed by atoms with van der Waals surface area (Å²) < 4.78 is 5.36. The Morgan fingerprint density at radius 1 is 1.08 bits per heavy atom. The monoisotopic (exact) mass is 337 g/mol. The van der Waals surface area contributed by atoms with Gasteiger partial charge in [-0.1, -0.05) is 12.1 Å². The molecule has 0 amide bonds. The van der Waals surface area contributed by atoms with Crippen molar-refractivity contribution >= 4 is 22.6 Å². The van der Waals surface area contributed by atoms with E-state index >= 15 is 0 Å². The molecule has 4 aliphatic rings. The molecule has 1 aromatic heterocycles. The minimum atomic E-state index is -0.363. The van der Waals surface area contributed by atoms with Gasteiger partial charge >= 0.3 is 5.63 Å². The van der Waals surface area contributed by atoms with E-state index in [0.29, 0.717) is 17.2 Å². The molecule has 1 heterocycles. The fourth-order valence-corrected chi connectivity index (χ4v) is 5.81. The first-order valence-corrected chi connectivity index (χ1v) is 9.24. The number of fused-ring (bicyclic) bond motifs is 1. The van der Waals surface area contributed by atoms with E-state index in [9.17, 15) is 4.79 Å². The van der Waals surface area contributed by atoms with Crippen molar-refractivity contribution in [3.63, 3.8) is 0 Å². The Morgan fingerprint density at radius 2 is 1.76 bits per heavy atom. The summed E-state index contributed by atoms with van der Waals surface area (Å²) in [7, 11) is 0. The number of hydrogen-bond donors (Lipinski definition) is 2. The van der Waals surface area contributed by atoms with Crippen molar-refractivity contribution in [3.8, 4) is 0 Å². The maximum Gasteiger partial charge on any atom is 0.336 e. The van der Waals surface area contributed by atoms with Crippen LogP contribution in [0.4, 0.5) is 5.69 Å². The third-order valence-electron chi connectivity index (χ3n) is 6.27. The lowest BCUT2D eigenvalue weighted by Gasteiger charge is -2.54. The number of para-hydroxylation sites is 1. The van der Waals surface area contributed by atoms with Gasteiger partial charge in [0.25, 0.3) is 0 Å². The first-order chi connectivity index (χ1) is 12.1. The number of guanidine groups is 1. The van der Waals surface area contributed by atoms with E-state index in [1.807, 2.05) is 18.2 Å². The van der Waals surface area contributed by atoms with Gasteiger partial charge in [-0.3, -0.25) is 0 Å². The minimum Gasteiger partial charge on any atom is -0.420 e. The second kappa shape index (κ2) is 5.35. The topological polar surface area (TPSA) is 80.6 Å². The zero-order chi connectivity index (χ0) is 17.0. The van der Waals surface area contributed by atoms with Crippen LogP contribution in [-0.4, -0.2) is 11.5 Å². The molecule has 0 spiro atoms. The second-order valence-corrected chi connectivity index (χ2v) is 8.24. The molecule has 0 aliphatic heterocycles. The second-order valence-electron chi connectivity index (χ2n) is 8.24. The van der Waals surface area contributed by atoms with Gasteiger partial charge in [0.1, 0.15) is 0 Å². The average molecular weight is 337 g/mol. The maximum atomic E-state index is 11.6. The van der Waals surface area contributed by atoms with Crippen molar-refractivity contribution in [1.82, 2.24) is 0 Å². The molecule has 0 saturated heterocycles. The predicted octanol–water partition coefficient (Wildman–Crippen LogP) is 3.49. The molecule has 4 fully saturated rings. The van der Waals surface area contributed by atoms with Crippen molar-refractivity contribution in [3.05, 3.63) is 40.8 Å². The number of anilines is 1. The highest BCUT2D eigenvalue weighted by atomic mass is 16.4. The minimum absolute atomic E-state index is 0.0251. The average Bonchev–Trinajstić information content (AvgIpc) is 2.53. The molecule has 4 aliphatic carbocycles. The summed E-state index contributed by atoms with van der Waals surface area (Å²) >= 11 is 0. The van der Waals surface area contributed by atoms with Gasteiger partial charge in [-0.15, -0.1) is 0 Å². The first-order valence-electron chi connectivity index (χ1n) is 9.24. The number of hydrogen-bond acceptors (Lipinski definition) is 3. The normalized spacial score (nSPS) is 33.8. The lowest BCUT2D eigenvalue weighted by atomic mass is 9.53. The van der Waals surface area contributed by atoms with Crippen molar-refractivity contribution in [2.24, 2.45) is 28.5 Å². The van der Waals surface area contributed by atoms with Crippen LogP contribution in [0.3, 0.4) is 0 Å². The summed E-state index contributed by atoms with van der Waals surface area (Å²) in [5.41, 5.74) is 7.16. The van der Waals surface area contributed by atoms with E-state index in [4.69, 9.17) is 15.1 Å².